The molecule has 1 aliphatic rings. The first-order valence-electron chi connectivity index (χ1n) is 6.99. The maximum Gasteiger partial charge on any atom is 0.225 e. The Kier molecular flexibility index (Phi) is 4.53. The number of rotatable bonds is 4. The highest BCUT2D eigenvalue weighted by Crippen LogP contribution is 2.30. The van der Waals surface area contributed by atoms with Gasteiger partial charge in [0.05, 0.1) is 5.69 Å². The summed E-state index contributed by atoms with van der Waals surface area (Å²) >= 11 is 0. The average Bonchev–Trinajstić information content (AvgIpc) is 2.46. The predicted molar refractivity (Wildman–Crippen MR) is 74.4 cm³/mol. The zero-order valence-electron chi connectivity index (χ0n) is 11.5. The van der Waals surface area contributed by atoms with E-state index in [4.69, 9.17) is 5.73 Å². The molecule has 0 saturated heterocycles. The third-order valence-corrected chi connectivity index (χ3v) is 4.17. The topological polar surface area (TPSA) is 55.0 Å². The fraction of sp³-hybridized carbons (Fsp3) is 0.714. The molecule has 1 aliphatic carbocycles. The Morgan fingerprint density at radius 3 is 2.67 bits per heavy atom. The van der Waals surface area contributed by atoms with Crippen molar-refractivity contribution in [1.82, 2.24) is 9.97 Å². The van der Waals surface area contributed by atoms with Crippen molar-refractivity contribution >= 4 is 5.95 Å². The van der Waals surface area contributed by atoms with Crippen molar-refractivity contribution in [3.8, 4) is 0 Å². The second kappa shape index (κ2) is 6.14. The molecule has 0 aromatic carbocycles. The molecule has 0 spiro atoms. The van der Waals surface area contributed by atoms with Crippen LogP contribution < -0.4 is 10.6 Å². The monoisotopic (exact) mass is 248 g/mol. The standard InChI is InChI=1S/C14H24N4/c1-3-11-4-6-13(7-5-11)18(2)14-16-9-8-12(10-15)17-14/h8-9,11,13H,3-7,10,15H2,1-2H3. The summed E-state index contributed by atoms with van der Waals surface area (Å²) in [6, 6.07) is 2.46. The lowest BCUT2D eigenvalue weighted by Gasteiger charge is -2.34. The van der Waals surface area contributed by atoms with Crippen LogP contribution in [0.3, 0.4) is 0 Å². The highest BCUT2D eigenvalue weighted by Gasteiger charge is 2.24. The summed E-state index contributed by atoms with van der Waals surface area (Å²) in [6.45, 7) is 2.77. The molecular weight excluding hydrogens is 224 g/mol. The van der Waals surface area contributed by atoms with E-state index in [0.717, 1.165) is 17.6 Å². The lowest BCUT2D eigenvalue weighted by Crippen LogP contribution is -2.36. The van der Waals surface area contributed by atoms with Crippen molar-refractivity contribution in [1.29, 1.82) is 0 Å². The van der Waals surface area contributed by atoms with Crippen molar-refractivity contribution in [2.75, 3.05) is 11.9 Å². The molecule has 0 bridgehead atoms. The van der Waals surface area contributed by atoms with E-state index in [0.29, 0.717) is 12.6 Å². The van der Waals surface area contributed by atoms with E-state index in [9.17, 15) is 0 Å². The van der Waals surface area contributed by atoms with Crippen molar-refractivity contribution in [3.63, 3.8) is 0 Å². The van der Waals surface area contributed by atoms with Crippen LogP contribution in [0, 0.1) is 5.92 Å². The van der Waals surface area contributed by atoms with Crippen LogP contribution in [0.25, 0.3) is 0 Å². The molecule has 1 heterocycles. The second-order valence-corrected chi connectivity index (χ2v) is 5.25. The van der Waals surface area contributed by atoms with Gasteiger partial charge in [0.25, 0.3) is 0 Å². The highest BCUT2D eigenvalue weighted by atomic mass is 15.2. The van der Waals surface area contributed by atoms with E-state index in [-0.39, 0.29) is 0 Å². The van der Waals surface area contributed by atoms with Gasteiger partial charge in [0.1, 0.15) is 0 Å². The molecule has 1 saturated carbocycles. The van der Waals surface area contributed by atoms with Gasteiger partial charge < -0.3 is 10.6 Å². The molecule has 1 fully saturated rings. The Labute approximate surface area is 110 Å². The smallest absolute Gasteiger partial charge is 0.225 e. The summed E-state index contributed by atoms with van der Waals surface area (Å²) in [5.74, 6) is 1.74. The molecule has 100 valence electrons. The normalized spacial score (nSPS) is 23.9. The van der Waals surface area contributed by atoms with Gasteiger partial charge in [-0.25, -0.2) is 9.97 Å². The van der Waals surface area contributed by atoms with Crippen LogP contribution in [0.2, 0.25) is 0 Å². The number of hydrogen-bond donors (Lipinski definition) is 1. The number of hydrogen-bond acceptors (Lipinski definition) is 4. The number of nitrogens with zero attached hydrogens (tertiary/aromatic N) is 3. The lowest BCUT2D eigenvalue weighted by atomic mass is 9.84. The molecule has 0 radical (unpaired) electrons. The molecule has 0 amide bonds. The maximum absolute atomic E-state index is 5.62. The Bertz CT molecular complexity index is 372. The predicted octanol–water partition coefficient (Wildman–Crippen LogP) is 2.34. The summed E-state index contributed by atoms with van der Waals surface area (Å²) in [4.78, 5) is 11.1. The number of nitrogens with two attached hydrogens (primary N) is 1. The molecule has 18 heavy (non-hydrogen) atoms. The van der Waals surface area contributed by atoms with E-state index in [1.54, 1.807) is 6.20 Å². The summed E-state index contributed by atoms with van der Waals surface area (Å²) in [7, 11) is 2.10. The molecule has 1 aromatic rings. The van der Waals surface area contributed by atoms with Crippen LogP contribution in [-0.2, 0) is 6.54 Å². The fourth-order valence-corrected chi connectivity index (χ4v) is 2.77. The van der Waals surface area contributed by atoms with E-state index < -0.39 is 0 Å². The average molecular weight is 248 g/mol. The van der Waals surface area contributed by atoms with Crippen LogP contribution in [-0.4, -0.2) is 23.1 Å². The summed E-state index contributed by atoms with van der Waals surface area (Å²) in [5.41, 5.74) is 6.54. The van der Waals surface area contributed by atoms with Gasteiger partial charge >= 0.3 is 0 Å². The van der Waals surface area contributed by atoms with Gasteiger partial charge in [-0.15, -0.1) is 0 Å². The second-order valence-electron chi connectivity index (χ2n) is 5.25. The first-order chi connectivity index (χ1) is 8.74. The quantitative estimate of drug-likeness (QED) is 0.888. The van der Waals surface area contributed by atoms with Gasteiger partial charge in [0.2, 0.25) is 5.95 Å². The van der Waals surface area contributed by atoms with Crippen LogP contribution >= 0.6 is 0 Å². The molecule has 0 aliphatic heterocycles. The molecule has 0 atom stereocenters. The summed E-state index contributed by atoms with van der Waals surface area (Å²) in [5, 5.41) is 0. The lowest BCUT2D eigenvalue weighted by molar-refractivity contribution is 0.312. The Hall–Kier alpha value is -1.16. The van der Waals surface area contributed by atoms with Crippen molar-refractivity contribution in [3.05, 3.63) is 18.0 Å². The zero-order valence-corrected chi connectivity index (χ0v) is 11.5. The molecule has 4 nitrogen and oxygen atoms in total. The van der Waals surface area contributed by atoms with Crippen LogP contribution in [0.1, 0.15) is 44.7 Å². The van der Waals surface area contributed by atoms with Crippen LogP contribution in [0.5, 0.6) is 0 Å². The van der Waals surface area contributed by atoms with Gasteiger partial charge in [-0.2, -0.15) is 0 Å². The maximum atomic E-state index is 5.62. The minimum atomic E-state index is 0.478. The van der Waals surface area contributed by atoms with Crippen molar-refractivity contribution in [2.24, 2.45) is 11.7 Å². The van der Waals surface area contributed by atoms with Gasteiger partial charge in [0.15, 0.2) is 0 Å². The van der Waals surface area contributed by atoms with Gasteiger partial charge in [-0.1, -0.05) is 13.3 Å². The zero-order chi connectivity index (χ0) is 13.0. The highest BCUT2D eigenvalue weighted by molar-refractivity contribution is 5.30. The number of anilines is 1. The molecule has 0 unspecified atom stereocenters. The largest absolute Gasteiger partial charge is 0.341 e. The SMILES string of the molecule is CCC1CCC(N(C)c2nccc(CN)n2)CC1. The molecule has 2 N–H and O–H groups in total. The van der Waals surface area contributed by atoms with Crippen molar-refractivity contribution < 1.29 is 0 Å². The summed E-state index contributed by atoms with van der Waals surface area (Å²) < 4.78 is 0. The van der Waals surface area contributed by atoms with Gasteiger partial charge in [-0.3, -0.25) is 0 Å². The third kappa shape index (κ3) is 2.99. The van der Waals surface area contributed by atoms with Crippen LogP contribution in [0.4, 0.5) is 5.95 Å². The molecular formula is C14H24N4. The number of aromatic nitrogens is 2. The first-order valence-corrected chi connectivity index (χ1v) is 6.99. The van der Waals surface area contributed by atoms with Gasteiger partial charge in [-0.05, 0) is 37.7 Å². The third-order valence-electron chi connectivity index (χ3n) is 4.17. The van der Waals surface area contributed by atoms with E-state index >= 15 is 0 Å². The summed E-state index contributed by atoms with van der Waals surface area (Å²) in [6.07, 6.45) is 8.30. The molecule has 2 rings (SSSR count). The van der Waals surface area contributed by atoms with E-state index in [2.05, 4.69) is 28.8 Å². The van der Waals surface area contributed by atoms with E-state index in [1.807, 2.05) is 6.07 Å². The van der Waals surface area contributed by atoms with E-state index in [1.165, 1.54) is 32.1 Å². The Morgan fingerprint density at radius 1 is 1.33 bits per heavy atom. The van der Waals surface area contributed by atoms with Crippen molar-refractivity contribution in [2.45, 2.75) is 51.6 Å². The minimum absolute atomic E-state index is 0.478. The minimum Gasteiger partial charge on any atom is -0.341 e. The molecule has 1 aromatic heterocycles. The van der Waals surface area contributed by atoms with Crippen LogP contribution in [0.15, 0.2) is 12.3 Å². The first kappa shape index (κ1) is 13.3. The Morgan fingerprint density at radius 2 is 2.06 bits per heavy atom. The van der Waals surface area contributed by atoms with Gasteiger partial charge in [0, 0.05) is 25.8 Å². The Balaban J connectivity index is 2.00. The molecule has 4 heteroatoms. The fourth-order valence-electron chi connectivity index (χ4n) is 2.77.